The first kappa shape index (κ1) is 13.5. The Balaban J connectivity index is 1.93. The molecule has 0 fully saturated rings. The molecular weight excluding hydrogens is 276 g/mol. The zero-order chi connectivity index (χ0) is 15.0. The third-order valence-electron chi connectivity index (χ3n) is 3.54. The number of phenols is 2. The van der Waals surface area contributed by atoms with Gasteiger partial charge in [0, 0.05) is 30.2 Å². The quantitative estimate of drug-likeness (QED) is 0.712. The second-order valence-corrected chi connectivity index (χ2v) is 4.93. The molecule has 110 valence electrons. The van der Waals surface area contributed by atoms with E-state index >= 15 is 0 Å². The second-order valence-electron chi connectivity index (χ2n) is 4.93. The standard InChI is InChI=1S/C15H14O6/c16-9-5-11(17)10-7-13-15(21-12(10)6-9)8(3-4-20-13)1-2-14(18)19/h1-3,5-6,13,15-17H,4,7H2,(H,18,19)/b2-1+/t13-,15+/m0/s1. The lowest BCUT2D eigenvalue weighted by Gasteiger charge is -2.36. The van der Waals surface area contributed by atoms with Crippen molar-refractivity contribution in [3.8, 4) is 17.2 Å². The van der Waals surface area contributed by atoms with E-state index in [0.717, 1.165) is 6.08 Å². The lowest BCUT2D eigenvalue weighted by atomic mass is 9.92. The molecule has 0 radical (unpaired) electrons. The highest BCUT2D eigenvalue weighted by molar-refractivity contribution is 5.80. The monoisotopic (exact) mass is 290 g/mol. The van der Waals surface area contributed by atoms with E-state index in [0.29, 0.717) is 29.9 Å². The predicted octanol–water partition coefficient (Wildman–Crippen LogP) is 1.37. The van der Waals surface area contributed by atoms with Gasteiger partial charge in [0.05, 0.1) is 6.61 Å². The van der Waals surface area contributed by atoms with Crippen molar-refractivity contribution in [1.29, 1.82) is 0 Å². The van der Waals surface area contributed by atoms with E-state index in [-0.39, 0.29) is 17.6 Å². The molecule has 3 N–H and O–H groups in total. The van der Waals surface area contributed by atoms with Gasteiger partial charge in [-0.3, -0.25) is 0 Å². The highest BCUT2D eigenvalue weighted by Gasteiger charge is 2.36. The Bertz CT molecular complexity index is 646. The highest BCUT2D eigenvalue weighted by atomic mass is 16.5. The van der Waals surface area contributed by atoms with Crippen LogP contribution in [0, 0.1) is 0 Å². The molecule has 0 saturated carbocycles. The molecule has 0 unspecified atom stereocenters. The fourth-order valence-electron chi connectivity index (χ4n) is 2.59. The van der Waals surface area contributed by atoms with Crippen molar-refractivity contribution in [3.63, 3.8) is 0 Å². The Morgan fingerprint density at radius 2 is 2.14 bits per heavy atom. The minimum Gasteiger partial charge on any atom is -0.508 e. The Hall–Kier alpha value is -2.47. The molecule has 2 aliphatic rings. The molecular formula is C15H14O6. The van der Waals surface area contributed by atoms with E-state index in [2.05, 4.69) is 0 Å². The van der Waals surface area contributed by atoms with E-state index < -0.39 is 12.1 Å². The van der Waals surface area contributed by atoms with Gasteiger partial charge >= 0.3 is 5.97 Å². The summed E-state index contributed by atoms with van der Waals surface area (Å²) >= 11 is 0. The molecule has 1 aromatic carbocycles. The Morgan fingerprint density at radius 3 is 2.90 bits per heavy atom. The first-order valence-corrected chi connectivity index (χ1v) is 6.49. The van der Waals surface area contributed by atoms with Crippen LogP contribution in [-0.2, 0) is 16.0 Å². The normalized spacial score (nSPS) is 23.9. The minimum atomic E-state index is -1.04. The van der Waals surface area contributed by atoms with E-state index in [4.69, 9.17) is 14.6 Å². The maximum Gasteiger partial charge on any atom is 0.328 e. The van der Waals surface area contributed by atoms with Crippen molar-refractivity contribution in [1.82, 2.24) is 0 Å². The SMILES string of the molecule is O=C(O)/C=C/C1=CCO[C@H]2Cc3c(O)cc(O)cc3O[C@H]12. The van der Waals surface area contributed by atoms with Gasteiger partial charge in [0.25, 0.3) is 0 Å². The fraction of sp³-hybridized carbons (Fsp3) is 0.267. The summed E-state index contributed by atoms with van der Waals surface area (Å²) in [7, 11) is 0. The molecule has 21 heavy (non-hydrogen) atoms. The zero-order valence-corrected chi connectivity index (χ0v) is 11.0. The van der Waals surface area contributed by atoms with Gasteiger partial charge in [0.1, 0.15) is 29.5 Å². The summed E-state index contributed by atoms with van der Waals surface area (Å²) in [6, 6.07) is 2.69. The molecule has 0 aromatic heterocycles. The lowest BCUT2D eigenvalue weighted by molar-refractivity contribution is -0.131. The molecule has 3 rings (SSSR count). The van der Waals surface area contributed by atoms with Crippen molar-refractivity contribution in [2.24, 2.45) is 0 Å². The molecule has 6 heteroatoms. The van der Waals surface area contributed by atoms with Crippen molar-refractivity contribution in [2.45, 2.75) is 18.6 Å². The molecule has 0 aliphatic carbocycles. The van der Waals surface area contributed by atoms with Crippen LogP contribution in [0.2, 0.25) is 0 Å². The molecule has 2 heterocycles. The number of carboxylic acids is 1. The summed E-state index contributed by atoms with van der Waals surface area (Å²) in [6.45, 7) is 0.359. The maximum atomic E-state index is 10.6. The van der Waals surface area contributed by atoms with Crippen LogP contribution in [0.5, 0.6) is 17.2 Å². The largest absolute Gasteiger partial charge is 0.508 e. The number of phenolic OH excluding ortho intramolecular Hbond substituents is 2. The Kier molecular flexibility index (Phi) is 3.31. The van der Waals surface area contributed by atoms with Crippen LogP contribution in [0.1, 0.15) is 5.56 Å². The van der Waals surface area contributed by atoms with Crippen LogP contribution < -0.4 is 4.74 Å². The van der Waals surface area contributed by atoms with Crippen molar-refractivity contribution in [2.75, 3.05) is 6.61 Å². The van der Waals surface area contributed by atoms with Crippen LogP contribution in [0.25, 0.3) is 0 Å². The number of benzene rings is 1. The van der Waals surface area contributed by atoms with Crippen LogP contribution >= 0.6 is 0 Å². The maximum absolute atomic E-state index is 10.6. The number of carbonyl (C=O) groups is 1. The number of ether oxygens (including phenoxy) is 2. The molecule has 2 aliphatic heterocycles. The average molecular weight is 290 g/mol. The number of aliphatic carboxylic acids is 1. The van der Waals surface area contributed by atoms with Crippen LogP contribution in [-0.4, -0.2) is 40.1 Å². The molecule has 0 saturated heterocycles. The number of rotatable bonds is 2. The van der Waals surface area contributed by atoms with E-state index in [1.807, 2.05) is 0 Å². The Labute approximate surface area is 120 Å². The summed E-state index contributed by atoms with van der Waals surface area (Å²) in [5.74, 6) is -0.781. The van der Waals surface area contributed by atoms with Crippen LogP contribution in [0.3, 0.4) is 0 Å². The van der Waals surface area contributed by atoms with Gasteiger partial charge in [-0.1, -0.05) is 6.08 Å². The third-order valence-corrected chi connectivity index (χ3v) is 3.54. The number of fused-ring (bicyclic) bond motifs is 2. The van der Waals surface area contributed by atoms with Gasteiger partial charge in [-0.2, -0.15) is 0 Å². The van der Waals surface area contributed by atoms with Gasteiger partial charge < -0.3 is 24.8 Å². The zero-order valence-electron chi connectivity index (χ0n) is 11.0. The van der Waals surface area contributed by atoms with E-state index in [1.54, 1.807) is 6.08 Å². The molecule has 0 spiro atoms. The average Bonchev–Trinajstić information content (AvgIpc) is 2.43. The number of hydrogen-bond acceptors (Lipinski definition) is 5. The van der Waals surface area contributed by atoms with Crippen molar-refractivity contribution in [3.05, 3.63) is 41.5 Å². The predicted molar refractivity (Wildman–Crippen MR) is 72.5 cm³/mol. The lowest BCUT2D eigenvalue weighted by Crippen LogP contribution is -2.43. The van der Waals surface area contributed by atoms with E-state index in [1.165, 1.54) is 18.2 Å². The number of aromatic hydroxyl groups is 2. The van der Waals surface area contributed by atoms with Gasteiger partial charge in [-0.25, -0.2) is 4.79 Å². The minimum absolute atomic E-state index is 0.0377. The molecule has 0 amide bonds. The van der Waals surface area contributed by atoms with Crippen LogP contribution in [0.15, 0.2) is 35.9 Å². The molecule has 1 aromatic rings. The van der Waals surface area contributed by atoms with Gasteiger partial charge in [0.2, 0.25) is 0 Å². The number of carboxylic acid groups (broad SMARTS) is 1. The summed E-state index contributed by atoms with van der Waals surface area (Å²) in [5.41, 5.74) is 1.29. The fourth-order valence-corrected chi connectivity index (χ4v) is 2.59. The smallest absolute Gasteiger partial charge is 0.328 e. The van der Waals surface area contributed by atoms with Gasteiger partial charge in [0.15, 0.2) is 0 Å². The van der Waals surface area contributed by atoms with Crippen molar-refractivity contribution >= 4 is 5.97 Å². The summed E-state index contributed by atoms with van der Waals surface area (Å²) < 4.78 is 11.4. The number of hydrogen-bond donors (Lipinski definition) is 3. The molecule has 0 bridgehead atoms. The summed E-state index contributed by atoms with van der Waals surface area (Å²) in [6.07, 6.45) is 3.97. The summed E-state index contributed by atoms with van der Waals surface area (Å²) in [5, 5.41) is 28.1. The van der Waals surface area contributed by atoms with Gasteiger partial charge in [-0.05, 0) is 11.6 Å². The van der Waals surface area contributed by atoms with Gasteiger partial charge in [-0.15, -0.1) is 0 Å². The second kappa shape index (κ2) is 5.14. The van der Waals surface area contributed by atoms with E-state index in [9.17, 15) is 15.0 Å². The first-order chi connectivity index (χ1) is 10.0. The topological polar surface area (TPSA) is 96.2 Å². The third kappa shape index (κ3) is 2.57. The first-order valence-electron chi connectivity index (χ1n) is 6.49. The van der Waals surface area contributed by atoms with Crippen LogP contribution in [0.4, 0.5) is 0 Å². The molecule has 2 atom stereocenters. The highest BCUT2D eigenvalue weighted by Crippen LogP contribution is 2.40. The summed E-state index contributed by atoms with van der Waals surface area (Å²) in [4.78, 5) is 10.6. The van der Waals surface area contributed by atoms with Crippen molar-refractivity contribution < 1.29 is 29.6 Å². The molecule has 6 nitrogen and oxygen atoms in total. The Morgan fingerprint density at radius 1 is 1.33 bits per heavy atom.